The van der Waals surface area contributed by atoms with Crippen molar-refractivity contribution in [2.24, 2.45) is 0 Å². The summed E-state index contributed by atoms with van der Waals surface area (Å²) in [6, 6.07) is 7.38. The standard InChI is InChI=1S/C12H20O4S2/c1-10(2)15-11-8-6-7-9-12(11)17(3,4)16-18(5,13)14/h6-10H,1-5H3. The third-order valence-corrected chi connectivity index (χ3v) is 5.78. The Morgan fingerprint density at radius 3 is 2.11 bits per heavy atom. The second kappa shape index (κ2) is 5.50. The van der Waals surface area contributed by atoms with Gasteiger partial charge in [-0.25, -0.2) is 3.63 Å². The van der Waals surface area contributed by atoms with Crippen molar-refractivity contribution in [2.75, 3.05) is 18.8 Å². The number of ether oxygens (including phenoxy) is 1. The van der Waals surface area contributed by atoms with E-state index in [2.05, 4.69) is 0 Å². The average molecular weight is 292 g/mol. The van der Waals surface area contributed by atoms with Crippen molar-refractivity contribution in [2.45, 2.75) is 24.8 Å². The minimum atomic E-state index is -3.49. The minimum absolute atomic E-state index is 0.0274. The quantitative estimate of drug-likeness (QED) is 0.837. The van der Waals surface area contributed by atoms with Crippen molar-refractivity contribution in [3.05, 3.63) is 24.3 Å². The van der Waals surface area contributed by atoms with Crippen LogP contribution >= 0.6 is 10.3 Å². The van der Waals surface area contributed by atoms with E-state index in [9.17, 15) is 8.42 Å². The highest BCUT2D eigenvalue weighted by Crippen LogP contribution is 2.55. The van der Waals surface area contributed by atoms with E-state index in [0.717, 1.165) is 11.2 Å². The van der Waals surface area contributed by atoms with Gasteiger partial charge >= 0.3 is 0 Å². The normalized spacial score (nSPS) is 13.7. The Bertz CT molecular complexity index is 507. The van der Waals surface area contributed by atoms with Crippen LogP contribution in [0.5, 0.6) is 5.75 Å². The summed E-state index contributed by atoms with van der Waals surface area (Å²) in [5, 5.41) is 0. The molecular formula is C12H20O4S2. The molecule has 104 valence electrons. The molecule has 1 aromatic carbocycles. The van der Waals surface area contributed by atoms with Gasteiger partial charge in [0.15, 0.2) is 0 Å². The number of hydrogen-bond donors (Lipinski definition) is 0. The maximum Gasteiger partial charge on any atom is 0.273 e. The lowest BCUT2D eigenvalue weighted by atomic mass is 10.3. The molecule has 6 heteroatoms. The van der Waals surface area contributed by atoms with Crippen LogP contribution in [0, 0.1) is 0 Å². The molecule has 0 radical (unpaired) electrons. The molecule has 1 rings (SSSR count). The molecular weight excluding hydrogens is 272 g/mol. The summed E-state index contributed by atoms with van der Waals surface area (Å²) in [6.45, 7) is 3.85. The van der Waals surface area contributed by atoms with Gasteiger partial charge in [0.1, 0.15) is 5.75 Å². The third-order valence-electron chi connectivity index (χ3n) is 2.04. The Kier molecular flexibility index (Phi) is 4.69. The molecule has 0 spiro atoms. The fraction of sp³-hybridized carbons (Fsp3) is 0.500. The smallest absolute Gasteiger partial charge is 0.273 e. The Morgan fingerprint density at radius 1 is 1.06 bits per heavy atom. The second-order valence-electron chi connectivity index (χ2n) is 4.62. The molecule has 0 saturated heterocycles. The first-order valence-electron chi connectivity index (χ1n) is 5.52. The van der Waals surface area contributed by atoms with Gasteiger partial charge in [-0.2, -0.15) is 8.42 Å². The van der Waals surface area contributed by atoms with Crippen molar-refractivity contribution < 1.29 is 16.8 Å². The van der Waals surface area contributed by atoms with Crippen LogP contribution in [0.1, 0.15) is 13.8 Å². The van der Waals surface area contributed by atoms with E-state index in [0.29, 0.717) is 5.75 Å². The molecule has 4 nitrogen and oxygen atoms in total. The van der Waals surface area contributed by atoms with E-state index in [4.69, 9.17) is 8.37 Å². The van der Waals surface area contributed by atoms with Crippen LogP contribution in [-0.2, 0) is 13.7 Å². The van der Waals surface area contributed by atoms with E-state index in [1.54, 1.807) is 12.5 Å². The van der Waals surface area contributed by atoms with Crippen molar-refractivity contribution >= 4 is 20.4 Å². The SMILES string of the molecule is CC(C)Oc1ccccc1S(C)(C)OS(C)(=O)=O. The zero-order valence-electron chi connectivity index (χ0n) is 11.3. The number of para-hydroxylation sites is 1. The first-order chi connectivity index (χ1) is 8.12. The molecule has 0 aliphatic carbocycles. The van der Waals surface area contributed by atoms with Crippen molar-refractivity contribution in [3.8, 4) is 5.75 Å². The van der Waals surface area contributed by atoms with E-state index in [1.807, 2.05) is 38.1 Å². The van der Waals surface area contributed by atoms with Gasteiger partial charge in [0.2, 0.25) is 0 Å². The highest BCUT2D eigenvalue weighted by atomic mass is 32.3. The lowest BCUT2D eigenvalue weighted by Crippen LogP contribution is -2.12. The predicted molar refractivity (Wildman–Crippen MR) is 75.8 cm³/mol. The van der Waals surface area contributed by atoms with Crippen molar-refractivity contribution in [1.82, 2.24) is 0 Å². The van der Waals surface area contributed by atoms with Gasteiger partial charge in [-0.05, 0) is 38.5 Å². The van der Waals surface area contributed by atoms with Crippen LogP contribution in [-0.4, -0.2) is 33.3 Å². The molecule has 0 N–H and O–H groups in total. The first-order valence-corrected chi connectivity index (χ1v) is 9.71. The molecule has 0 aromatic heterocycles. The monoisotopic (exact) mass is 292 g/mol. The van der Waals surface area contributed by atoms with E-state index in [-0.39, 0.29) is 6.10 Å². The number of rotatable bonds is 5. The lowest BCUT2D eigenvalue weighted by Gasteiger charge is -2.31. The molecule has 1 aromatic rings. The van der Waals surface area contributed by atoms with Gasteiger partial charge in [0.05, 0.1) is 17.3 Å². The van der Waals surface area contributed by atoms with Gasteiger partial charge in [0, 0.05) is 0 Å². The van der Waals surface area contributed by atoms with Crippen LogP contribution < -0.4 is 4.74 Å². The summed E-state index contributed by atoms with van der Waals surface area (Å²) in [5.41, 5.74) is 0. The largest absolute Gasteiger partial charge is 0.490 e. The zero-order chi connectivity index (χ0) is 14.0. The Balaban J connectivity index is 3.15. The predicted octanol–water partition coefficient (Wildman–Crippen LogP) is 2.79. The van der Waals surface area contributed by atoms with Gasteiger partial charge in [-0.3, -0.25) is 0 Å². The van der Waals surface area contributed by atoms with Crippen molar-refractivity contribution in [3.63, 3.8) is 0 Å². The molecule has 0 saturated carbocycles. The third kappa shape index (κ3) is 4.51. The molecule has 0 amide bonds. The fourth-order valence-electron chi connectivity index (χ4n) is 1.55. The molecule has 0 heterocycles. The van der Waals surface area contributed by atoms with Crippen LogP contribution in [0.2, 0.25) is 0 Å². The van der Waals surface area contributed by atoms with Gasteiger partial charge in [-0.15, -0.1) is 0 Å². The van der Waals surface area contributed by atoms with Gasteiger partial charge in [0.25, 0.3) is 10.1 Å². The molecule has 0 atom stereocenters. The Morgan fingerprint density at radius 2 is 1.61 bits per heavy atom. The molecule has 0 unspecified atom stereocenters. The molecule has 0 fully saturated rings. The van der Waals surface area contributed by atoms with E-state index >= 15 is 0 Å². The average Bonchev–Trinajstić information content (AvgIpc) is 2.13. The molecule has 0 aliphatic heterocycles. The highest BCUT2D eigenvalue weighted by molar-refractivity contribution is 8.32. The fourth-order valence-corrected chi connectivity index (χ4v) is 5.33. The first kappa shape index (κ1) is 15.3. The maximum absolute atomic E-state index is 11.3. The van der Waals surface area contributed by atoms with Gasteiger partial charge < -0.3 is 4.74 Å². The maximum atomic E-state index is 11.3. The summed E-state index contributed by atoms with van der Waals surface area (Å²) in [6.07, 6.45) is 4.67. The lowest BCUT2D eigenvalue weighted by molar-refractivity contribution is 0.236. The van der Waals surface area contributed by atoms with Crippen LogP contribution in [0.15, 0.2) is 29.2 Å². The van der Waals surface area contributed by atoms with E-state index in [1.165, 1.54) is 0 Å². The topological polar surface area (TPSA) is 52.6 Å². The summed E-state index contributed by atoms with van der Waals surface area (Å²) in [5.74, 6) is 0.677. The summed E-state index contributed by atoms with van der Waals surface area (Å²) in [7, 11) is -5.40. The number of hydrogen-bond acceptors (Lipinski definition) is 4. The Hall–Kier alpha value is -0.720. The zero-order valence-corrected chi connectivity index (χ0v) is 13.0. The summed E-state index contributed by atoms with van der Waals surface area (Å²) >= 11 is 0. The summed E-state index contributed by atoms with van der Waals surface area (Å²) in [4.78, 5) is 0.795. The summed E-state index contributed by atoms with van der Waals surface area (Å²) < 4.78 is 33.5. The Labute approximate surface area is 111 Å². The molecule has 0 aliphatic rings. The molecule has 0 bridgehead atoms. The highest BCUT2D eigenvalue weighted by Gasteiger charge is 2.25. The van der Waals surface area contributed by atoms with E-state index < -0.39 is 20.4 Å². The van der Waals surface area contributed by atoms with Crippen molar-refractivity contribution in [1.29, 1.82) is 0 Å². The van der Waals surface area contributed by atoms with Crippen LogP contribution in [0.25, 0.3) is 0 Å². The minimum Gasteiger partial charge on any atom is -0.490 e. The van der Waals surface area contributed by atoms with Crippen LogP contribution in [0.3, 0.4) is 0 Å². The van der Waals surface area contributed by atoms with Crippen LogP contribution in [0.4, 0.5) is 0 Å². The molecule has 18 heavy (non-hydrogen) atoms. The number of benzene rings is 1. The second-order valence-corrected chi connectivity index (χ2v) is 9.48. The van der Waals surface area contributed by atoms with Gasteiger partial charge in [-0.1, -0.05) is 22.4 Å².